The molecule has 0 spiro atoms. The zero-order valence-electron chi connectivity index (χ0n) is 20.0. The average molecular weight is 451 g/mol. The van der Waals surface area contributed by atoms with Gasteiger partial charge in [0.2, 0.25) is 0 Å². The van der Waals surface area contributed by atoms with Crippen molar-refractivity contribution in [2.45, 2.75) is 45.3 Å². The molecule has 0 unspecified atom stereocenters. The third-order valence-corrected chi connectivity index (χ3v) is 8.96. The third-order valence-electron chi connectivity index (χ3n) is 8.96. The molecular formula is C28H38N2O3. The Hall–Kier alpha value is -1.95. The van der Waals surface area contributed by atoms with Gasteiger partial charge in [0, 0.05) is 57.0 Å². The SMILES string of the molecule is C[C@@H]1CCC=C2C[C@H]3OC(=O)[C@H](CN4CCN(C/C=C/c5ccccc5)CC4)[C@H]3[C@H](O)[C@@]21C. The highest BCUT2D eigenvalue weighted by molar-refractivity contribution is 5.76. The largest absolute Gasteiger partial charge is 0.461 e. The number of rotatable bonds is 5. The summed E-state index contributed by atoms with van der Waals surface area (Å²) in [5.74, 6) is 0.0131. The highest BCUT2D eigenvalue weighted by Crippen LogP contribution is 2.56. The molecule has 0 bridgehead atoms. The van der Waals surface area contributed by atoms with Crippen molar-refractivity contribution in [1.82, 2.24) is 9.80 Å². The second-order valence-corrected chi connectivity index (χ2v) is 10.7. The molecule has 1 N–H and O–H groups in total. The highest BCUT2D eigenvalue weighted by Gasteiger charge is 2.59. The summed E-state index contributed by atoms with van der Waals surface area (Å²) < 4.78 is 5.85. The minimum Gasteiger partial charge on any atom is -0.461 e. The number of aliphatic hydroxyl groups is 1. The van der Waals surface area contributed by atoms with E-state index in [4.69, 9.17) is 4.74 Å². The Bertz CT molecular complexity index is 905. The molecule has 0 radical (unpaired) electrons. The van der Waals surface area contributed by atoms with Crippen LogP contribution < -0.4 is 0 Å². The van der Waals surface area contributed by atoms with Crippen LogP contribution in [0.1, 0.15) is 38.7 Å². The molecule has 33 heavy (non-hydrogen) atoms. The minimum absolute atomic E-state index is 0.0907. The summed E-state index contributed by atoms with van der Waals surface area (Å²) >= 11 is 0. The van der Waals surface area contributed by atoms with E-state index in [1.165, 1.54) is 11.1 Å². The smallest absolute Gasteiger partial charge is 0.311 e. The number of fused-ring (bicyclic) bond motifs is 2. The number of allylic oxidation sites excluding steroid dienone is 1. The molecule has 1 saturated carbocycles. The summed E-state index contributed by atoms with van der Waals surface area (Å²) in [4.78, 5) is 17.8. The number of piperazine rings is 1. The van der Waals surface area contributed by atoms with Gasteiger partial charge in [-0.3, -0.25) is 14.6 Å². The van der Waals surface area contributed by atoms with E-state index >= 15 is 0 Å². The number of carbonyl (C=O) groups is 1. The van der Waals surface area contributed by atoms with Crippen molar-refractivity contribution in [2.24, 2.45) is 23.2 Å². The molecule has 2 aliphatic heterocycles. The van der Waals surface area contributed by atoms with Crippen LogP contribution in [-0.2, 0) is 9.53 Å². The second kappa shape index (κ2) is 9.36. The van der Waals surface area contributed by atoms with Gasteiger partial charge in [-0.1, -0.05) is 68.0 Å². The molecule has 5 nitrogen and oxygen atoms in total. The first-order valence-electron chi connectivity index (χ1n) is 12.7. The fourth-order valence-corrected chi connectivity index (χ4v) is 6.61. The summed E-state index contributed by atoms with van der Waals surface area (Å²) in [5.41, 5.74) is 2.31. The van der Waals surface area contributed by atoms with E-state index in [1.807, 2.05) is 6.07 Å². The molecule has 2 aliphatic carbocycles. The zero-order chi connectivity index (χ0) is 23.0. The van der Waals surface area contributed by atoms with Crippen LogP contribution >= 0.6 is 0 Å². The van der Waals surface area contributed by atoms with Crippen LogP contribution in [0.15, 0.2) is 48.1 Å². The minimum atomic E-state index is -0.515. The number of aliphatic hydroxyl groups excluding tert-OH is 1. The lowest BCUT2D eigenvalue weighted by molar-refractivity contribution is -0.145. The summed E-state index contributed by atoms with van der Waals surface area (Å²) in [5, 5.41) is 11.5. The molecule has 0 amide bonds. The van der Waals surface area contributed by atoms with Gasteiger partial charge in [0.25, 0.3) is 0 Å². The van der Waals surface area contributed by atoms with Gasteiger partial charge >= 0.3 is 5.97 Å². The summed E-state index contributed by atoms with van der Waals surface area (Å²) in [6.45, 7) is 10.0. The van der Waals surface area contributed by atoms with Crippen LogP contribution in [0.5, 0.6) is 0 Å². The van der Waals surface area contributed by atoms with Crippen molar-refractivity contribution >= 4 is 12.0 Å². The Morgan fingerprint density at radius 1 is 1.15 bits per heavy atom. The van der Waals surface area contributed by atoms with E-state index in [2.05, 4.69) is 66.1 Å². The molecule has 5 rings (SSSR count). The molecule has 2 saturated heterocycles. The molecule has 1 aromatic rings. The molecule has 178 valence electrons. The number of benzene rings is 1. The number of nitrogens with zero attached hydrogens (tertiary/aromatic N) is 2. The van der Waals surface area contributed by atoms with E-state index in [1.54, 1.807) is 0 Å². The summed E-state index contributed by atoms with van der Waals surface area (Å²) in [7, 11) is 0. The molecule has 1 aromatic carbocycles. The van der Waals surface area contributed by atoms with Crippen LogP contribution in [0.4, 0.5) is 0 Å². The van der Waals surface area contributed by atoms with Gasteiger partial charge in [-0.25, -0.2) is 0 Å². The number of hydrogen-bond donors (Lipinski definition) is 1. The number of hydrogen-bond acceptors (Lipinski definition) is 5. The average Bonchev–Trinajstić information content (AvgIpc) is 3.13. The van der Waals surface area contributed by atoms with E-state index in [0.29, 0.717) is 12.5 Å². The third kappa shape index (κ3) is 4.31. The van der Waals surface area contributed by atoms with Gasteiger partial charge in [-0.2, -0.15) is 0 Å². The van der Waals surface area contributed by atoms with Crippen LogP contribution in [0.3, 0.4) is 0 Å². The predicted octanol–water partition coefficient (Wildman–Crippen LogP) is 3.60. The second-order valence-electron chi connectivity index (χ2n) is 10.7. The van der Waals surface area contributed by atoms with E-state index < -0.39 is 6.10 Å². The molecule has 2 heterocycles. The van der Waals surface area contributed by atoms with Gasteiger partial charge < -0.3 is 9.84 Å². The van der Waals surface area contributed by atoms with Gasteiger partial charge in [-0.15, -0.1) is 0 Å². The Morgan fingerprint density at radius 2 is 1.88 bits per heavy atom. The lowest BCUT2D eigenvalue weighted by atomic mass is 9.55. The molecule has 0 aromatic heterocycles. The number of esters is 1. The van der Waals surface area contributed by atoms with Crippen molar-refractivity contribution in [3.05, 3.63) is 53.6 Å². The van der Waals surface area contributed by atoms with Crippen LogP contribution in [0.2, 0.25) is 0 Å². The Morgan fingerprint density at radius 3 is 2.64 bits per heavy atom. The van der Waals surface area contributed by atoms with Gasteiger partial charge in [0.15, 0.2) is 0 Å². The Balaban J connectivity index is 1.18. The number of carbonyl (C=O) groups excluding carboxylic acids is 1. The van der Waals surface area contributed by atoms with Crippen LogP contribution in [-0.4, -0.2) is 72.4 Å². The van der Waals surface area contributed by atoms with E-state index in [-0.39, 0.29) is 29.3 Å². The van der Waals surface area contributed by atoms with Crippen LogP contribution in [0.25, 0.3) is 6.08 Å². The summed E-state index contributed by atoms with van der Waals surface area (Å²) in [6, 6.07) is 10.4. The maximum atomic E-state index is 12.9. The van der Waals surface area contributed by atoms with E-state index in [9.17, 15) is 9.90 Å². The maximum absolute atomic E-state index is 12.9. The molecule has 4 aliphatic rings. The Kier molecular flexibility index (Phi) is 6.47. The topological polar surface area (TPSA) is 53.0 Å². The van der Waals surface area contributed by atoms with Crippen molar-refractivity contribution < 1.29 is 14.6 Å². The highest BCUT2D eigenvalue weighted by atomic mass is 16.6. The van der Waals surface area contributed by atoms with Crippen LogP contribution in [0, 0.1) is 23.2 Å². The zero-order valence-corrected chi connectivity index (χ0v) is 20.0. The van der Waals surface area contributed by atoms with Crippen molar-refractivity contribution in [3.8, 4) is 0 Å². The molecule has 3 fully saturated rings. The lowest BCUT2D eigenvalue weighted by Gasteiger charge is -2.52. The lowest BCUT2D eigenvalue weighted by Crippen LogP contribution is -2.55. The first-order chi connectivity index (χ1) is 16.0. The van der Waals surface area contributed by atoms with Crippen molar-refractivity contribution in [1.29, 1.82) is 0 Å². The molecule has 6 atom stereocenters. The van der Waals surface area contributed by atoms with Crippen molar-refractivity contribution in [3.63, 3.8) is 0 Å². The predicted molar refractivity (Wildman–Crippen MR) is 130 cm³/mol. The van der Waals surface area contributed by atoms with E-state index in [0.717, 1.165) is 52.0 Å². The fourth-order valence-electron chi connectivity index (χ4n) is 6.61. The molecular weight excluding hydrogens is 412 g/mol. The normalized spacial score (nSPS) is 37.5. The number of ether oxygens (including phenoxy) is 1. The van der Waals surface area contributed by atoms with Gasteiger partial charge in [0.1, 0.15) is 6.10 Å². The van der Waals surface area contributed by atoms with Crippen molar-refractivity contribution in [2.75, 3.05) is 39.3 Å². The first-order valence-corrected chi connectivity index (χ1v) is 12.7. The summed E-state index contributed by atoms with van der Waals surface area (Å²) in [6.07, 6.45) is 9.01. The van der Waals surface area contributed by atoms with Gasteiger partial charge in [0.05, 0.1) is 12.0 Å². The monoisotopic (exact) mass is 450 g/mol. The first kappa shape index (κ1) is 22.8. The molecule has 5 heteroatoms. The quantitative estimate of drug-likeness (QED) is 0.549. The van der Waals surface area contributed by atoms with Gasteiger partial charge in [-0.05, 0) is 24.3 Å². The fraction of sp³-hybridized carbons (Fsp3) is 0.607. The Labute approximate surface area is 198 Å². The maximum Gasteiger partial charge on any atom is 0.311 e. The standard InChI is InChI=1S/C28H38N2O3/c1-20-8-6-12-22-18-24-25(26(31)28(20,22)2)23(27(32)33-24)19-30-16-14-29(15-17-30)13-7-11-21-9-4-3-5-10-21/h3-5,7,9-12,20,23-26,31H,6,8,13-19H2,1-2H3/b11-7+/t20-,23-,24-,25-,26+,28-/m1/s1.